The molecule has 0 bridgehead atoms. The molecule has 2 atom stereocenters. The number of amides is 3. The highest BCUT2D eigenvalue weighted by atomic mass is 79.9. The molecule has 3 aromatic carbocycles. The number of fused-ring (bicyclic) bond motifs is 2. The number of benzene rings is 3. The number of hydrogen-bond donors (Lipinski definition) is 2. The highest BCUT2D eigenvalue weighted by Gasteiger charge is 2.38. The Labute approximate surface area is 254 Å². The quantitative estimate of drug-likeness (QED) is 0.342. The van der Waals surface area contributed by atoms with E-state index in [9.17, 15) is 22.8 Å². The second-order valence-electron chi connectivity index (χ2n) is 10.2. The SMILES string of the molecule is CCNC(CC)C(=O)NC1CN(C(=O)CS(C)(=O)=O)c2ccccc2N(Cc2c(OC)ccc3cc(Br)ccc23)C1=O. The number of nitrogens with one attached hydrogen (secondary N) is 2. The van der Waals surface area contributed by atoms with Crippen LogP contribution in [-0.4, -0.2) is 70.4 Å². The number of nitrogens with zero attached hydrogens (tertiary/aromatic N) is 2. The van der Waals surface area contributed by atoms with Crippen LogP contribution in [0.5, 0.6) is 5.75 Å². The van der Waals surface area contributed by atoms with Crippen LogP contribution in [0.15, 0.2) is 59.1 Å². The number of sulfone groups is 1. The van der Waals surface area contributed by atoms with E-state index in [1.165, 1.54) is 9.80 Å². The Balaban J connectivity index is 1.86. The lowest BCUT2D eigenvalue weighted by atomic mass is 10.0. The van der Waals surface area contributed by atoms with Crippen LogP contribution in [0.2, 0.25) is 0 Å². The minimum atomic E-state index is -3.67. The maximum Gasteiger partial charge on any atom is 0.251 e. The van der Waals surface area contributed by atoms with Gasteiger partial charge in [-0.2, -0.15) is 0 Å². The maximum absolute atomic E-state index is 14.3. The molecule has 3 amide bonds. The van der Waals surface area contributed by atoms with E-state index < -0.39 is 39.5 Å². The molecule has 0 aromatic heterocycles. The predicted octanol–water partition coefficient (Wildman–Crippen LogP) is 3.41. The third-order valence-electron chi connectivity index (χ3n) is 7.16. The topological polar surface area (TPSA) is 125 Å². The molecule has 0 radical (unpaired) electrons. The Morgan fingerprint density at radius 2 is 1.81 bits per heavy atom. The van der Waals surface area contributed by atoms with Crippen LogP contribution in [0.4, 0.5) is 11.4 Å². The number of carbonyl (C=O) groups excluding carboxylic acids is 3. The molecule has 2 N–H and O–H groups in total. The van der Waals surface area contributed by atoms with E-state index in [0.717, 1.165) is 27.1 Å². The summed E-state index contributed by atoms with van der Waals surface area (Å²) in [6.45, 7) is 4.14. The Hall–Kier alpha value is -3.48. The normalized spacial score (nSPS) is 16.1. The molecule has 1 heterocycles. The molecule has 42 heavy (non-hydrogen) atoms. The summed E-state index contributed by atoms with van der Waals surface area (Å²) in [5.41, 5.74) is 1.53. The van der Waals surface area contributed by atoms with Gasteiger partial charge < -0.3 is 25.2 Å². The maximum atomic E-state index is 14.3. The highest BCUT2D eigenvalue weighted by Crippen LogP contribution is 2.37. The first-order valence-corrected chi connectivity index (χ1v) is 16.5. The Kier molecular flexibility index (Phi) is 9.90. The van der Waals surface area contributed by atoms with E-state index in [1.54, 1.807) is 31.4 Å². The van der Waals surface area contributed by atoms with Crippen LogP contribution in [0.3, 0.4) is 0 Å². The first kappa shape index (κ1) is 31.5. The van der Waals surface area contributed by atoms with Crippen molar-refractivity contribution in [1.29, 1.82) is 0 Å². The first-order valence-electron chi connectivity index (χ1n) is 13.6. The molecule has 3 aromatic rings. The van der Waals surface area contributed by atoms with Gasteiger partial charge in [-0.05, 0) is 54.1 Å². The van der Waals surface area contributed by atoms with E-state index in [4.69, 9.17) is 4.74 Å². The van der Waals surface area contributed by atoms with Gasteiger partial charge in [0.05, 0.1) is 37.6 Å². The number of carbonyl (C=O) groups is 3. The average molecular weight is 660 g/mol. The fourth-order valence-corrected chi connectivity index (χ4v) is 6.18. The second-order valence-corrected chi connectivity index (χ2v) is 13.2. The zero-order chi connectivity index (χ0) is 30.6. The molecule has 4 rings (SSSR count). The summed E-state index contributed by atoms with van der Waals surface area (Å²) >= 11 is 3.51. The fourth-order valence-electron chi connectivity index (χ4n) is 5.19. The lowest BCUT2D eigenvalue weighted by Gasteiger charge is -2.28. The van der Waals surface area contributed by atoms with E-state index in [-0.39, 0.29) is 19.0 Å². The van der Waals surface area contributed by atoms with Crippen molar-refractivity contribution in [3.8, 4) is 5.75 Å². The van der Waals surface area contributed by atoms with Gasteiger partial charge in [-0.25, -0.2) is 8.42 Å². The number of rotatable bonds is 10. The van der Waals surface area contributed by atoms with E-state index >= 15 is 0 Å². The zero-order valence-electron chi connectivity index (χ0n) is 24.0. The number of anilines is 2. The summed E-state index contributed by atoms with van der Waals surface area (Å²) in [5, 5.41) is 7.75. The lowest BCUT2D eigenvalue weighted by molar-refractivity contribution is -0.129. The lowest BCUT2D eigenvalue weighted by Crippen LogP contribution is -2.56. The Morgan fingerprint density at radius 3 is 2.45 bits per heavy atom. The first-order chi connectivity index (χ1) is 20.0. The number of likely N-dealkylation sites (N-methyl/N-ethyl adjacent to an activating group) is 1. The number of para-hydroxylation sites is 2. The third-order valence-corrected chi connectivity index (χ3v) is 8.42. The van der Waals surface area contributed by atoms with Crippen LogP contribution >= 0.6 is 15.9 Å². The standard InChI is InChI=1S/C30H35BrN4O6S/c1-5-23(32-6-2)29(37)33-24-17-34(28(36)18-42(4,39)40)25-9-7-8-10-26(25)35(30(24)38)16-22-21-13-12-20(31)15-19(21)11-14-27(22)41-3/h7-15,23-24,32H,5-6,16-18H2,1-4H3,(H,33,37). The van der Waals surface area contributed by atoms with Gasteiger partial charge in [-0.1, -0.05) is 54.0 Å². The van der Waals surface area contributed by atoms with Crippen LogP contribution < -0.4 is 25.2 Å². The van der Waals surface area contributed by atoms with Gasteiger partial charge in [-0.3, -0.25) is 14.4 Å². The molecule has 1 aliphatic heterocycles. The number of halogens is 1. The predicted molar refractivity (Wildman–Crippen MR) is 168 cm³/mol. The molecule has 0 aliphatic carbocycles. The minimum Gasteiger partial charge on any atom is -0.496 e. The van der Waals surface area contributed by atoms with Crippen LogP contribution in [0.25, 0.3) is 10.8 Å². The molecule has 0 saturated heterocycles. The summed E-state index contributed by atoms with van der Waals surface area (Å²) in [6.07, 6.45) is 1.47. The smallest absolute Gasteiger partial charge is 0.251 e. The molecule has 10 nitrogen and oxygen atoms in total. The molecule has 2 unspecified atom stereocenters. The van der Waals surface area contributed by atoms with Gasteiger partial charge in [0.25, 0.3) is 5.91 Å². The monoisotopic (exact) mass is 658 g/mol. The van der Waals surface area contributed by atoms with Crippen molar-refractivity contribution in [3.05, 3.63) is 64.6 Å². The molecule has 224 valence electrons. The molecule has 12 heteroatoms. The summed E-state index contributed by atoms with van der Waals surface area (Å²) in [7, 11) is -2.11. The van der Waals surface area contributed by atoms with Gasteiger partial charge in [-0.15, -0.1) is 0 Å². The van der Waals surface area contributed by atoms with Crippen molar-refractivity contribution >= 4 is 65.6 Å². The van der Waals surface area contributed by atoms with Gasteiger partial charge >= 0.3 is 0 Å². The number of methoxy groups -OCH3 is 1. The molecule has 1 aliphatic rings. The van der Waals surface area contributed by atoms with Crippen molar-refractivity contribution in [3.63, 3.8) is 0 Å². The Morgan fingerprint density at radius 1 is 1.10 bits per heavy atom. The van der Waals surface area contributed by atoms with Gasteiger partial charge in [0.2, 0.25) is 11.8 Å². The largest absolute Gasteiger partial charge is 0.496 e. The molecule has 0 saturated carbocycles. The fraction of sp³-hybridized carbons (Fsp3) is 0.367. The Bertz CT molecular complexity index is 1610. The number of hydrogen-bond acceptors (Lipinski definition) is 7. The van der Waals surface area contributed by atoms with Gasteiger partial charge in [0.15, 0.2) is 9.84 Å². The van der Waals surface area contributed by atoms with Crippen molar-refractivity contribution in [1.82, 2.24) is 10.6 Å². The van der Waals surface area contributed by atoms with Crippen LogP contribution in [0.1, 0.15) is 25.8 Å². The van der Waals surface area contributed by atoms with Crippen LogP contribution in [-0.2, 0) is 30.8 Å². The number of ether oxygens (including phenoxy) is 1. The molecular formula is C30H35BrN4O6S. The zero-order valence-corrected chi connectivity index (χ0v) is 26.4. The van der Waals surface area contributed by atoms with Crippen molar-refractivity contribution in [2.45, 2.75) is 38.9 Å². The van der Waals surface area contributed by atoms with E-state index in [2.05, 4.69) is 26.6 Å². The van der Waals surface area contributed by atoms with Crippen LogP contribution in [0, 0.1) is 0 Å². The van der Waals surface area contributed by atoms with Crippen molar-refractivity contribution in [2.24, 2.45) is 0 Å². The summed E-state index contributed by atoms with van der Waals surface area (Å²) in [4.78, 5) is 43.8. The summed E-state index contributed by atoms with van der Waals surface area (Å²) < 4.78 is 30.8. The van der Waals surface area contributed by atoms with Crippen molar-refractivity contribution < 1.29 is 27.5 Å². The summed E-state index contributed by atoms with van der Waals surface area (Å²) in [5.74, 6) is -1.68. The second kappa shape index (κ2) is 13.2. The van der Waals surface area contributed by atoms with Gasteiger partial charge in [0, 0.05) is 16.3 Å². The van der Waals surface area contributed by atoms with E-state index in [0.29, 0.717) is 30.1 Å². The highest BCUT2D eigenvalue weighted by molar-refractivity contribution is 9.10. The molecular weight excluding hydrogens is 624 g/mol. The minimum absolute atomic E-state index is 0.0723. The molecule has 0 fully saturated rings. The average Bonchev–Trinajstić information content (AvgIpc) is 3.05. The summed E-state index contributed by atoms with van der Waals surface area (Å²) in [6, 6.07) is 14.7. The van der Waals surface area contributed by atoms with E-state index in [1.807, 2.05) is 44.2 Å². The van der Waals surface area contributed by atoms with Crippen molar-refractivity contribution in [2.75, 3.05) is 42.0 Å². The molecule has 0 spiro atoms. The third kappa shape index (κ3) is 6.93. The van der Waals surface area contributed by atoms with Gasteiger partial charge in [0.1, 0.15) is 17.5 Å².